The monoisotopic (exact) mass is 274 g/mol. The molecule has 0 atom stereocenters. The molecule has 0 N–H and O–H groups in total. The topological polar surface area (TPSA) is 17.1 Å². The largest absolute Gasteiger partial charge is 0.299 e. The highest BCUT2D eigenvalue weighted by molar-refractivity contribution is 5.81. The van der Waals surface area contributed by atoms with Crippen LogP contribution >= 0.6 is 0 Å². The molecule has 0 amide bonds. The average Bonchev–Trinajstić information content (AvgIpc) is 2.81. The van der Waals surface area contributed by atoms with Crippen LogP contribution in [0.5, 0.6) is 0 Å². The molecule has 2 aliphatic rings. The number of Topliss-reactive ketones (excluding diaryl/α,β-unsaturated/α-hetero) is 1. The van der Waals surface area contributed by atoms with Crippen molar-refractivity contribution in [3.05, 3.63) is 0 Å². The van der Waals surface area contributed by atoms with E-state index in [2.05, 4.69) is 0 Å². The van der Waals surface area contributed by atoms with Crippen LogP contribution in [0.25, 0.3) is 0 Å². The second-order valence-corrected chi connectivity index (χ2v) is 6.26. The smallest absolute Gasteiger partial charge is 0.253 e. The molecule has 0 aromatic heterocycles. The van der Waals surface area contributed by atoms with Crippen molar-refractivity contribution < 1.29 is 13.6 Å². The lowest BCUT2D eigenvalue weighted by Gasteiger charge is -2.26. The SMILES string of the molecule is CC(C)C(F)(F)C1CCCC1.CCC(=O)C1CCC1. The van der Waals surface area contributed by atoms with E-state index in [1.807, 2.05) is 6.92 Å². The maximum absolute atomic E-state index is 13.3. The molecule has 19 heavy (non-hydrogen) atoms. The Morgan fingerprint density at radius 1 is 1.11 bits per heavy atom. The third kappa shape index (κ3) is 4.54. The van der Waals surface area contributed by atoms with E-state index in [0.717, 1.165) is 44.9 Å². The maximum atomic E-state index is 13.3. The van der Waals surface area contributed by atoms with E-state index >= 15 is 0 Å². The van der Waals surface area contributed by atoms with E-state index in [0.29, 0.717) is 11.7 Å². The van der Waals surface area contributed by atoms with Crippen molar-refractivity contribution in [2.75, 3.05) is 0 Å². The van der Waals surface area contributed by atoms with Crippen molar-refractivity contribution in [1.29, 1.82) is 0 Å². The Morgan fingerprint density at radius 2 is 1.63 bits per heavy atom. The van der Waals surface area contributed by atoms with Gasteiger partial charge in [-0.1, -0.05) is 40.0 Å². The number of rotatable bonds is 4. The van der Waals surface area contributed by atoms with E-state index in [1.165, 1.54) is 6.42 Å². The maximum Gasteiger partial charge on any atom is 0.253 e. The molecule has 2 aliphatic carbocycles. The van der Waals surface area contributed by atoms with E-state index < -0.39 is 11.8 Å². The van der Waals surface area contributed by atoms with Crippen LogP contribution in [0, 0.1) is 17.8 Å². The fourth-order valence-electron chi connectivity index (χ4n) is 2.80. The lowest BCUT2D eigenvalue weighted by Crippen LogP contribution is -2.32. The van der Waals surface area contributed by atoms with Gasteiger partial charge in [-0.15, -0.1) is 0 Å². The third-order valence-electron chi connectivity index (χ3n) is 4.58. The molecule has 2 fully saturated rings. The zero-order chi connectivity index (χ0) is 14.5. The summed E-state index contributed by atoms with van der Waals surface area (Å²) in [4.78, 5) is 10.8. The molecule has 1 nitrogen and oxygen atoms in total. The van der Waals surface area contributed by atoms with Gasteiger partial charge >= 0.3 is 0 Å². The van der Waals surface area contributed by atoms with Crippen LogP contribution in [-0.2, 0) is 4.79 Å². The quantitative estimate of drug-likeness (QED) is 0.685. The molecule has 0 saturated heterocycles. The van der Waals surface area contributed by atoms with Gasteiger partial charge in [0.25, 0.3) is 5.92 Å². The fraction of sp³-hybridized carbons (Fsp3) is 0.938. The van der Waals surface area contributed by atoms with E-state index in [9.17, 15) is 13.6 Å². The first-order valence-electron chi connectivity index (χ1n) is 7.80. The first-order chi connectivity index (χ1) is 8.89. The molecule has 0 unspecified atom stereocenters. The number of carbonyl (C=O) groups is 1. The van der Waals surface area contributed by atoms with E-state index in [4.69, 9.17) is 0 Å². The minimum atomic E-state index is -2.42. The lowest BCUT2D eigenvalue weighted by molar-refractivity contribution is -0.124. The fourth-order valence-corrected chi connectivity index (χ4v) is 2.80. The van der Waals surface area contributed by atoms with Crippen LogP contribution in [0.3, 0.4) is 0 Å². The second-order valence-electron chi connectivity index (χ2n) is 6.26. The third-order valence-corrected chi connectivity index (χ3v) is 4.58. The predicted octanol–water partition coefficient (Wildman–Crippen LogP) is 5.23. The summed E-state index contributed by atoms with van der Waals surface area (Å²) in [6.07, 6.45) is 7.77. The highest BCUT2D eigenvalue weighted by Crippen LogP contribution is 2.42. The number of hydrogen-bond acceptors (Lipinski definition) is 1. The van der Waals surface area contributed by atoms with Gasteiger partial charge in [0.1, 0.15) is 5.78 Å². The van der Waals surface area contributed by atoms with Crippen LogP contribution < -0.4 is 0 Å². The Hall–Kier alpha value is -0.470. The van der Waals surface area contributed by atoms with Gasteiger partial charge in [0.2, 0.25) is 0 Å². The molecule has 0 aliphatic heterocycles. The molecule has 0 aromatic carbocycles. The Bertz CT molecular complexity index is 276. The van der Waals surface area contributed by atoms with Crippen LogP contribution in [0.4, 0.5) is 8.78 Å². The molecule has 112 valence electrons. The first-order valence-corrected chi connectivity index (χ1v) is 7.80. The standard InChI is InChI=1S/C9H16F2.C7H12O/c1-7(2)9(10,11)8-5-3-4-6-8;1-2-7(8)6-4-3-5-6/h7-8H,3-6H2,1-2H3;6H,2-5H2,1H3. The van der Waals surface area contributed by atoms with Crippen LogP contribution in [0.2, 0.25) is 0 Å². The van der Waals surface area contributed by atoms with Crippen LogP contribution in [-0.4, -0.2) is 11.7 Å². The first kappa shape index (κ1) is 16.6. The Morgan fingerprint density at radius 3 is 1.89 bits per heavy atom. The number of carbonyl (C=O) groups excluding carboxylic acids is 1. The van der Waals surface area contributed by atoms with Gasteiger partial charge in [-0.25, -0.2) is 8.78 Å². The summed E-state index contributed by atoms with van der Waals surface area (Å²) in [6.45, 7) is 5.16. The molecular weight excluding hydrogens is 246 g/mol. The average molecular weight is 274 g/mol. The highest BCUT2D eigenvalue weighted by Gasteiger charge is 2.43. The number of ketones is 1. The summed E-state index contributed by atoms with van der Waals surface area (Å²) < 4.78 is 26.5. The van der Waals surface area contributed by atoms with E-state index in [1.54, 1.807) is 13.8 Å². The Labute approximate surface area is 116 Å². The Kier molecular flexibility index (Phi) is 6.41. The minimum Gasteiger partial charge on any atom is -0.299 e. The van der Waals surface area contributed by atoms with Gasteiger partial charge in [-0.2, -0.15) is 0 Å². The van der Waals surface area contributed by atoms with Gasteiger partial charge in [0.05, 0.1) is 0 Å². The van der Waals surface area contributed by atoms with Gasteiger partial charge in [-0.3, -0.25) is 4.79 Å². The number of hydrogen-bond donors (Lipinski definition) is 0. The van der Waals surface area contributed by atoms with Gasteiger partial charge < -0.3 is 0 Å². The molecule has 2 rings (SSSR count). The summed E-state index contributed by atoms with van der Waals surface area (Å²) in [6, 6.07) is 0. The van der Waals surface area contributed by atoms with Crippen LogP contribution in [0.15, 0.2) is 0 Å². The molecule has 2 saturated carbocycles. The number of halogens is 2. The van der Waals surface area contributed by atoms with Gasteiger partial charge in [0.15, 0.2) is 0 Å². The summed E-state index contributed by atoms with van der Waals surface area (Å²) in [7, 11) is 0. The molecule has 0 aromatic rings. The number of alkyl halides is 2. The normalized spacial score (nSPS) is 20.9. The van der Waals surface area contributed by atoms with Crippen molar-refractivity contribution in [3.63, 3.8) is 0 Å². The van der Waals surface area contributed by atoms with Crippen molar-refractivity contribution in [2.45, 2.75) is 78.1 Å². The molecular formula is C16H28F2O. The highest BCUT2D eigenvalue weighted by atomic mass is 19.3. The summed E-state index contributed by atoms with van der Waals surface area (Å²) in [5, 5.41) is 0. The molecule has 3 heteroatoms. The predicted molar refractivity (Wildman–Crippen MR) is 74.4 cm³/mol. The molecule has 0 bridgehead atoms. The second kappa shape index (κ2) is 7.35. The molecule has 0 spiro atoms. The summed E-state index contributed by atoms with van der Waals surface area (Å²) in [5.74, 6) is -2.32. The van der Waals surface area contributed by atoms with Crippen molar-refractivity contribution in [1.82, 2.24) is 0 Å². The zero-order valence-corrected chi connectivity index (χ0v) is 12.6. The van der Waals surface area contributed by atoms with Crippen molar-refractivity contribution >= 4 is 5.78 Å². The lowest BCUT2D eigenvalue weighted by atomic mass is 9.81. The van der Waals surface area contributed by atoms with E-state index in [-0.39, 0.29) is 5.92 Å². The van der Waals surface area contributed by atoms with Crippen molar-refractivity contribution in [3.8, 4) is 0 Å². The summed E-state index contributed by atoms with van der Waals surface area (Å²) in [5.41, 5.74) is 0. The Balaban J connectivity index is 0.000000200. The van der Waals surface area contributed by atoms with Gasteiger partial charge in [-0.05, 0) is 25.7 Å². The van der Waals surface area contributed by atoms with Crippen molar-refractivity contribution in [2.24, 2.45) is 17.8 Å². The van der Waals surface area contributed by atoms with Gasteiger partial charge in [0, 0.05) is 24.2 Å². The van der Waals surface area contributed by atoms with Crippen LogP contribution in [0.1, 0.15) is 72.1 Å². The molecule has 0 radical (unpaired) electrons. The minimum absolute atomic E-state index is 0.331. The summed E-state index contributed by atoms with van der Waals surface area (Å²) >= 11 is 0. The zero-order valence-electron chi connectivity index (χ0n) is 12.6. The molecule has 0 heterocycles.